The third-order valence-corrected chi connectivity index (χ3v) is 10.6. The van der Waals surface area contributed by atoms with Gasteiger partial charge in [-0.2, -0.15) is 17.2 Å². The van der Waals surface area contributed by atoms with Gasteiger partial charge in [0.1, 0.15) is 6.61 Å². The van der Waals surface area contributed by atoms with E-state index in [2.05, 4.69) is 165 Å². The molecule has 0 aliphatic heterocycles. The molecular formula is C48H70NO3S+. The van der Waals surface area contributed by atoms with Crippen LogP contribution in [-0.4, -0.2) is 45.4 Å². The Morgan fingerprint density at radius 3 is 1.77 bits per heavy atom. The predicted octanol–water partition coefficient (Wildman–Crippen LogP) is 12.0. The van der Waals surface area contributed by atoms with Crippen molar-refractivity contribution < 1.29 is 18.8 Å². The summed E-state index contributed by atoms with van der Waals surface area (Å²) >= 11 is 4.16. The summed E-state index contributed by atoms with van der Waals surface area (Å²) in [6.07, 6.45) is 34.3. The molecule has 2 aliphatic rings. The fourth-order valence-corrected chi connectivity index (χ4v) is 7.40. The third kappa shape index (κ3) is 16.1. The SMILES string of the molecule is CC(C=CC1=C(C)CCCC1(C)C)=CC=CC(C)=Cc1cc(C=CC=C(C)C=CC2=C(C)CCCC2(C)C)cc[n+]1CCOCCOCCOCCS. The fraction of sp³-hybridized carbons (Fsp3) is 0.521. The molecule has 0 atom stereocenters. The number of aromatic nitrogens is 1. The Morgan fingerprint density at radius 2 is 1.23 bits per heavy atom. The minimum absolute atomic E-state index is 0.251. The van der Waals surface area contributed by atoms with Gasteiger partial charge in [0.15, 0.2) is 12.7 Å². The molecule has 0 fully saturated rings. The molecule has 0 saturated carbocycles. The fourth-order valence-electron chi connectivity index (χ4n) is 7.27. The van der Waals surface area contributed by atoms with Gasteiger partial charge >= 0.3 is 0 Å². The molecule has 0 bridgehead atoms. The number of thiol groups is 1. The average molecular weight is 741 g/mol. The second-order valence-corrected chi connectivity index (χ2v) is 16.5. The van der Waals surface area contributed by atoms with Crippen LogP contribution in [0.4, 0.5) is 0 Å². The van der Waals surface area contributed by atoms with Gasteiger partial charge in [-0.3, -0.25) is 0 Å². The topological polar surface area (TPSA) is 31.6 Å². The van der Waals surface area contributed by atoms with Crippen molar-refractivity contribution >= 4 is 24.8 Å². The highest BCUT2D eigenvalue weighted by Gasteiger charge is 2.27. The third-order valence-electron chi connectivity index (χ3n) is 10.4. The van der Waals surface area contributed by atoms with Crippen molar-refractivity contribution in [2.75, 3.05) is 45.4 Å². The molecule has 53 heavy (non-hydrogen) atoms. The van der Waals surface area contributed by atoms with E-state index in [-0.39, 0.29) is 10.8 Å². The van der Waals surface area contributed by atoms with Gasteiger partial charge in [-0.1, -0.05) is 111 Å². The standard InChI is InChI=1S/C48H69NO3S/c1-38(20-22-45-41(4)17-12-25-47(45,6)7)14-10-16-40(3)36-44-37-43(24-27-49(44)28-29-50-30-31-51-32-33-52-34-35-53)19-11-15-39(2)21-23-46-42(5)18-13-26-48(46,8)9/h10-11,14-16,19-24,27,36-37H,12-13,17-18,25-26,28-35H2,1-9H3/p+1. The first kappa shape index (κ1) is 44.4. The lowest BCUT2D eigenvalue weighted by Gasteiger charge is -2.33. The van der Waals surface area contributed by atoms with Crippen LogP contribution in [0.15, 0.2) is 112 Å². The van der Waals surface area contributed by atoms with E-state index in [1.165, 1.54) is 77.5 Å². The molecule has 3 rings (SSSR count). The highest BCUT2D eigenvalue weighted by Crippen LogP contribution is 2.41. The first-order chi connectivity index (χ1) is 25.3. The van der Waals surface area contributed by atoms with Gasteiger partial charge in [0.25, 0.3) is 0 Å². The van der Waals surface area contributed by atoms with Gasteiger partial charge < -0.3 is 14.2 Å². The summed E-state index contributed by atoms with van der Waals surface area (Å²) in [6, 6.07) is 4.43. The van der Waals surface area contributed by atoms with Crippen molar-refractivity contribution in [3.05, 3.63) is 123 Å². The zero-order valence-corrected chi connectivity index (χ0v) is 35.5. The summed E-state index contributed by atoms with van der Waals surface area (Å²) < 4.78 is 19.2. The van der Waals surface area contributed by atoms with Gasteiger partial charge in [-0.25, -0.2) is 0 Å². The maximum Gasteiger partial charge on any atom is 0.206 e. The number of allylic oxidation sites excluding steroid dienone is 16. The minimum Gasteiger partial charge on any atom is -0.378 e. The van der Waals surface area contributed by atoms with E-state index in [0.29, 0.717) is 39.6 Å². The van der Waals surface area contributed by atoms with E-state index in [0.717, 1.165) is 23.6 Å². The van der Waals surface area contributed by atoms with Crippen molar-refractivity contribution in [3.63, 3.8) is 0 Å². The van der Waals surface area contributed by atoms with E-state index < -0.39 is 0 Å². The van der Waals surface area contributed by atoms with E-state index >= 15 is 0 Å². The summed E-state index contributed by atoms with van der Waals surface area (Å²) in [4.78, 5) is 0. The van der Waals surface area contributed by atoms with E-state index in [9.17, 15) is 0 Å². The number of ether oxygens (including phenoxy) is 3. The molecule has 290 valence electrons. The highest BCUT2D eigenvalue weighted by molar-refractivity contribution is 7.80. The van der Waals surface area contributed by atoms with Gasteiger partial charge in [0, 0.05) is 24.0 Å². The van der Waals surface area contributed by atoms with E-state index in [1.807, 2.05) is 0 Å². The molecule has 0 aromatic carbocycles. The van der Waals surface area contributed by atoms with Crippen molar-refractivity contribution in [1.29, 1.82) is 0 Å². The summed E-state index contributed by atoms with van der Waals surface area (Å²) in [6.45, 7) is 24.9. The Morgan fingerprint density at radius 1 is 0.698 bits per heavy atom. The predicted molar refractivity (Wildman–Crippen MR) is 231 cm³/mol. The van der Waals surface area contributed by atoms with Crippen molar-refractivity contribution in [1.82, 2.24) is 0 Å². The molecule has 0 unspecified atom stereocenters. The molecule has 0 radical (unpaired) electrons. The molecule has 1 aromatic heterocycles. The Hall–Kier alpha value is -2.96. The second-order valence-electron chi connectivity index (χ2n) is 16.1. The minimum atomic E-state index is 0.251. The molecule has 0 amide bonds. The monoisotopic (exact) mass is 741 g/mol. The molecule has 4 nitrogen and oxygen atoms in total. The van der Waals surface area contributed by atoms with Gasteiger partial charge in [0.2, 0.25) is 5.69 Å². The first-order valence-electron chi connectivity index (χ1n) is 19.8. The molecule has 1 heterocycles. The van der Waals surface area contributed by atoms with Crippen LogP contribution in [-0.2, 0) is 20.8 Å². The molecule has 0 N–H and O–H groups in total. The van der Waals surface area contributed by atoms with E-state index in [1.54, 1.807) is 0 Å². The highest BCUT2D eigenvalue weighted by atomic mass is 32.1. The molecule has 5 heteroatoms. The van der Waals surface area contributed by atoms with Gasteiger partial charge in [-0.05, 0) is 106 Å². The summed E-state index contributed by atoms with van der Waals surface area (Å²) in [5.41, 5.74) is 12.5. The van der Waals surface area contributed by atoms with E-state index in [4.69, 9.17) is 14.2 Å². The number of nitrogens with zero attached hydrogens (tertiary/aromatic N) is 1. The smallest absolute Gasteiger partial charge is 0.206 e. The lowest BCUT2D eigenvalue weighted by molar-refractivity contribution is -0.700. The van der Waals surface area contributed by atoms with Crippen LogP contribution in [0.25, 0.3) is 12.2 Å². The van der Waals surface area contributed by atoms with Crippen molar-refractivity contribution in [3.8, 4) is 0 Å². The van der Waals surface area contributed by atoms with Crippen molar-refractivity contribution in [2.45, 2.75) is 107 Å². The molecular weight excluding hydrogens is 671 g/mol. The van der Waals surface area contributed by atoms with Crippen LogP contribution in [0.3, 0.4) is 0 Å². The summed E-state index contributed by atoms with van der Waals surface area (Å²) in [5, 5.41) is 0. The molecule has 2 aliphatic carbocycles. The lowest BCUT2D eigenvalue weighted by Crippen LogP contribution is -2.39. The molecule has 0 saturated heterocycles. The Kier molecular flexibility index (Phi) is 19.3. The van der Waals surface area contributed by atoms with Crippen LogP contribution < -0.4 is 4.57 Å². The Labute approximate surface area is 329 Å². The lowest BCUT2D eigenvalue weighted by atomic mass is 9.72. The van der Waals surface area contributed by atoms with Gasteiger partial charge in [0.05, 0.1) is 33.0 Å². The Balaban J connectivity index is 1.72. The van der Waals surface area contributed by atoms with Crippen LogP contribution in [0.2, 0.25) is 0 Å². The zero-order valence-electron chi connectivity index (χ0n) is 34.6. The summed E-state index contributed by atoms with van der Waals surface area (Å²) in [5.74, 6) is 0.724. The van der Waals surface area contributed by atoms with Crippen LogP contribution in [0, 0.1) is 10.8 Å². The van der Waals surface area contributed by atoms with Crippen LogP contribution in [0.5, 0.6) is 0 Å². The molecule has 1 aromatic rings. The van der Waals surface area contributed by atoms with Crippen molar-refractivity contribution in [2.24, 2.45) is 10.8 Å². The zero-order chi connectivity index (χ0) is 38.7. The average Bonchev–Trinajstić information content (AvgIpc) is 3.09. The maximum absolute atomic E-state index is 5.93. The van der Waals surface area contributed by atoms with Crippen LogP contribution >= 0.6 is 12.6 Å². The first-order valence-corrected chi connectivity index (χ1v) is 20.5. The number of rotatable bonds is 20. The maximum atomic E-state index is 5.93. The summed E-state index contributed by atoms with van der Waals surface area (Å²) in [7, 11) is 0. The normalized spacial score (nSPS) is 18.9. The quantitative estimate of drug-likeness (QED) is 0.0625. The largest absolute Gasteiger partial charge is 0.378 e. The molecule has 0 spiro atoms. The van der Waals surface area contributed by atoms with Crippen LogP contribution in [0.1, 0.15) is 112 Å². The second kappa shape index (κ2) is 23.1. The Bertz CT molecular complexity index is 1610. The number of hydrogen-bond acceptors (Lipinski definition) is 4. The number of hydrogen-bond donors (Lipinski definition) is 1. The van der Waals surface area contributed by atoms with Gasteiger partial charge in [-0.15, -0.1) is 0 Å². The number of pyridine rings is 1.